The molecule has 5 heteroatoms. The minimum atomic E-state index is -0.462. The number of amides is 1. The number of aromatic hydroxyl groups is 1. The van der Waals surface area contributed by atoms with Crippen molar-refractivity contribution in [3.8, 4) is 5.75 Å². The van der Waals surface area contributed by atoms with Crippen molar-refractivity contribution in [2.24, 2.45) is 0 Å². The summed E-state index contributed by atoms with van der Waals surface area (Å²) in [5.41, 5.74) is 1.63. The summed E-state index contributed by atoms with van der Waals surface area (Å²) in [4.78, 5) is 12.1. The molecule has 2 rings (SSSR count). The minimum absolute atomic E-state index is 0.0424. The van der Waals surface area contributed by atoms with Gasteiger partial charge < -0.3 is 10.4 Å². The van der Waals surface area contributed by atoms with Crippen LogP contribution in [0.5, 0.6) is 5.75 Å². The lowest BCUT2D eigenvalue weighted by molar-refractivity contribution is 0.102. The Morgan fingerprint density at radius 1 is 1.21 bits per heavy atom. The molecule has 0 atom stereocenters. The molecule has 0 radical (unpaired) electrons. The van der Waals surface area contributed by atoms with Crippen LogP contribution < -0.4 is 5.32 Å². The number of aryl methyl sites for hydroxylation is 1. The third kappa shape index (κ3) is 3.00. The number of halogens is 2. The van der Waals surface area contributed by atoms with Gasteiger partial charge in [-0.2, -0.15) is 0 Å². The highest BCUT2D eigenvalue weighted by Gasteiger charge is 2.15. The summed E-state index contributed by atoms with van der Waals surface area (Å²) in [6, 6.07) is 10.1. The highest BCUT2D eigenvalue weighted by Crippen LogP contribution is 2.31. The topological polar surface area (TPSA) is 49.3 Å². The van der Waals surface area contributed by atoms with Gasteiger partial charge in [0.25, 0.3) is 5.91 Å². The van der Waals surface area contributed by atoms with Gasteiger partial charge in [-0.15, -0.1) is 0 Å². The van der Waals surface area contributed by atoms with Crippen LogP contribution in [-0.2, 0) is 0 Å². The number of rotatable bonds is 2. The first-order chi connectivity index (χ1) is 8.99. The van der Waals surface area contributed by atoms with Crippen molar-refractivity contribution in [2.75, 3.05) is 5.32 Å². The third-order valence-corrected chi connectivity index (χ3v) is 3.17. The van der Waals surface area contributed by atoms with Crippen molar-refractivity contribution in [1.82, 2.24) is 0 Å². The van der Waals surface area contributed by atoms with Crippen molar-refractivity contribution >= 4 is 34.8 Å². The van der Waals surface area contributed by atoms with E-state index in [2.05, 4.69) is 5.32 Å². The van der Waals surface area contributed by atoms with E-state index in [1.54, 1.807) is 6.07 Å². The second-order valence-corrected chi connectivity index (χ2v) is 4.90. The Hall–Kier alpha value is -1.71. The quantitative estimate of drug-likeness (QED) is 0.870. The molecule has 0 unspecified atom stereocenters. The fourth-order valence-electron chi connectivity index (χ4n) is 1.64. The average Bonchev–Trinajstić information content (AvgIpc) is 2.36. The third-order valence-electron chi connectivity index (χ3n) is 2.67. The molecule has 1 amide bonds. The molecule has 0 saturated carbocycles. The SMILES string of the molecule is Cc1ccccc1NC(=O)c1cc(Cl)cc(Cl)c1O. The van der Waals surface area contributed by atoms with E-state index >= 15 is 0 Å². The molecule has 0 aliphatic heterocycles. The number of hydrogen-bond donors (Lipinski definition) is 2. The van der Waals surface area contributed by atoms with E-state index in [0.717, 1.165) is 5.56 Å². The number of anilines is 1. The molecule has 0 saturated heterocycles. The standard InChI is InChI=1S/C14H11Cl2NO2/c1-8-4-2-3-5-12(8)17-14(19)10-6-9(15)7-11(16)13(10)18/h2-7,18H,1H3,(H,17,19). The van der Waals surface area contributed by atoms with Crippen LogP contribution in [0.3, 0.4) is 0 Å². The van der Waals surface area contributed by atoms with Gasteiger partial charge in [0.15, 0.2) is 0 Å². The fraction of sp³-hybridized carbons (Fsp3) is 0.0714. The maximum absolute atomic E-state index is 12.1. The first kappa shape index (κ1) is 13.7. The van der Waals surface area contributed by atoms with Gasteiger partial charge in [0.1, 0.15) is 5.75 Å². The number of nitrogens with one attached hydrogen (secondary N) is 1. The van der Waals surface area contributed by atoms with Gasteiger partial charge >= 0.3 is 0 Å². The highest BCUT2D eigenvalue weighted by atomic mass is 35.5. The Morgan fingerprint density at radius 2 is 1.89 bits per heavy atom. The molecule has 0 heterocycles. The number of hydrogen-bond acceptors (Lipinski definition) is 2. The summed E-state index contributed by atoms with van der Waals surface area (Å²) >= 11 is 11.6. The van der Waals surface area contributed by atoms with E-state index in [9.17, 15) is 9.90 Å². The van der Waals surface area contributed by atoms with Crippen LogP contribution in [0.25, 0.3) is 0 Å². The predicted octanol–water partition coefficient (Wildman–Crippen LogP) is 4.26. The molecular weight excluding hydrogens is 285 g/mol. The maximum atomic E-state index is 12.1. The molecule has 0 spiro atoms. The van der Waals surface area contributed by atoms with Crippen molar-refractivity contribution in [2.45, 2.75) is 6.92 Å². The Balaban J connectivity index is 2.33. The summed E-state index contributed by atoms with van der Waals surface area (Å²) in [6.07, 6.45) is 0. The number of carbonyl (C=O) groups excluding carboxylic acids is 1. The zero-order valence-electron chi connectivity index (χ0n) is 10.1. The number of para-hydroxylation sites is 1. The van der Waals surface area contributed by atoms with Crippen LogP contribution in [0.2, 0.25) is 10.0 Å². The summed E-state index contributed by atoms with van der Waals surface area (Å²) in [7, 11) is 0. The second kappa shape index (κ2) is 5.51. The Bertz CT molecular complexity index is 641. The fourth-order valence-corrected chi connectivity index (χ4v) is 2.14. The molecular formula is C14H11Cl2NO2. The molecule has 2 N–H and O–H groups in total. The Labute approximate surface area is 120 Å². The van der Waals surface area contributed by atoms with E-state index < -0.39 is 5.91 Å². The predicted molar refractivity (Wildman–Crippen MR) is 77.3 cm³/mol. The van der Waals surface area contributed by atoms with Gasteiger partial charge in [-0.3, -0.25) is 4.79 Å². The Morgan fingerprint density at radius 3 is 2.58 bits per heavy atom. The monoisotopic (exact) mass is 295 g/mol. The molecule has 0 fully saturated rings. The number of phenolic OH excluding ortho intramolecular Hbond substituents is 1. The summed E-state index contributed by atoms with van der Waals surface area (Å²) < 4.78 is 0. The van der Waals surface area contributed by atoms with E-state index in [1.807, 2.05) is 25.1 Å². The van der Waals surface area contributed by atoms with Gasteiger partial charge in [0.2, 0.25) is 0 Å². The van der Waals surface area contributed by atoms with Crippen LogP contribution in [0, 0.1) is 6.92 Å². The maximum Gasteiger partial charge on any atom is 0.259 e. The Kier molecular flexibility index (Phi) is 3.98. The molecule has 2 aromatic carbocycles. The molecule has 2 aromatic rings. The van der Waals surface area contributed by atoms with E-state index in [4.69, 9.17) is 23.2 Å². The van der Waals surface area contributed by atoms with Gasteiger partial charge in [-0.05, 0) is 30.7 Å². The molecule has 98 valence electrons. The molecule has 0 aromatic heterocycles. The van der Waals surface area contributed by atoms with E-state index in [-0.39, 0.29) is 21.4 Å². The summed E-state index contributed by atoms with van der Waals surface area (Å²) in [6.45, 7) is 1.88. The average molecular weight is 296 g/mol. The largest absolute Gasteiger partial charge is 0.506 e. The molecule has 0 aliphatic rings. The van der Waals surface area contributed by atoms with Crippen molar-refractivity contribution < 1.29 is 9.90 Å². The van der Waals surface area contributed by atoms with Crippen molar-refractivity contribution in [3.63, 3.8) is 0 Å². The van der Waals surface area contributed by atoms with E-state index in [0.29, 0.717) is 5.69 Å². The molecule has 0 bridgehead atoms. The normalized spacial score (nSPS) is 10.3. The van der Waals surface area contributed by atoms with E-state index in [1.165, 1.54) is 12.1 Å². The van der Waals surface area contributed by atoms with Gasteiger partial charge in [0.05, 0.1) is 10.6 Å². The molecule has 3 nitrogen and oxygen atoms in total. The van der Waals surface area contributed by atoms with Crippen LogP contribution in [0.1, 0.15) is 15.9 Å². The van der Waals surface area contributed by atoms with Crippen LogP contribution in [-0.4, -0.2) is 11.0 Å². The minimum Gasteiger partial charge on any atom is -0.506 e. The summed E-state index contributed by atoms with van der Waals surface area (Å²) in [5.74, 6) is -0.742. The lowest BCUT2D eigenvalue weighted by Crippen LogP contribution is -2.13. The summed E-state index contributed by atoms with van der Waals surface area (Å²) in [5, 5.41) is 12.8. The zero-order valence-corrected chi connectivity index (χ0v) is 11.6. The van der Waals surface area contributed by atoms with Crippen LogP contribution in [0.4, 0.5) is 5.69 Å². The molecule has 19 heavy (non-hydrogen) atoms. The smallest absolute Gasteiger partial charge is 0.259 e. The van der Waals surface area contributed by atoms with Crippen LogP contribution >= 0.6 is 23.2 Å². The first-order valence-electron chi connectivity index (χ1n) is 5.54. The molecule has 0 aliphatic carbocycles. The van der Waals surface area contributed by atoms with Gasteiger partial charge in [0, 0.05) is 10.7 Å². The first-order valence-corrected chi connectivity index (χ1v) is 6.29. The van der Waals surface area contributed by atoms with Crippen molar-refractivity contribution in [1.29, 1.82) is 0 Å². The van der Waals surface area contributed by atoms with Crippen LogP contribution in [0.15, 0.2) is 36.4 Å². The lowest BCUT2D eigenvalue weighted by Gasteiger charge is -2.10. The van der Waals surface area contributed by atoms with Crippen molar-refractivity contribution in [3.05, 3.63) is 57.6 Å². The van der Waals surface area contributed by atoms with Gasteiger partial charge in [-0.1, -0.05) is 41.4 Å². The number of phenols is 1. The lowest BCUT2D eigenvalue weighted by atomic mass is 10.1. The van der Waals surface area contributed by atoms with Gasteiger partial charge in [-0.25, -0.2) is 0 Å². The number of benzene rings is 2. The zero-order chi connectivity index (χ0) is 14.0. The number of carbonyl (C=O) groups is 1. The second-order valence-electron chi connectivity index (χ2n) is 4.05. The highest BCUT2D eigenvalue weighted by molar-refractivity contribution is 6.36.